The third kappa shape index (κ3) is 4.72. The van der Waals surface area contributed by atoms with Crippen LogP contribution in [0, 0.1) is 10.1 Å². The lowest BCUT2D eigenvalue weighted by molar-refractivity contribution is -0.384. The van der Waals surface area contributed by atoms with Crippen molar-refractivity contribution in [1.82, 2.24) is 0 Å². The fraction of sp³-hybridized carbons (Fsp3) is 0.500. The average molecular weight is 326 g/mol. The monoisotopic (exact) mass is 326 g/mol. The second-order valence-electron chi connectivity index (χ2n) is 5.89. The van der Waals surface area contributed by atoms with E-state index in [1.807, 2.05) is 20.8 Å². The predicted octanol–water partition coefficient (Wildman–Crippen LogP) is 3.73. The van der Waals surface area contributed by atoms with Crippen molar-refractivity contribution < 1.29 is 9.48 Å². The van der Waals surface area contributed by atoms with Crippen LogP contribution >= 0.6 is 11.8 Å². The van der Waals surface area contributed by atoms with Gasteiger partial charge in [-0.25, -0.2) is 0 Å². The van der Waals surface area contributed by atoms with E-state index in [0.717, 1.165) is 4.90 Å². The van der Waals surface area contributed by atoms with Crippen molar-refractivity contribution in [1.29, 1.82) is 0 Å². The molecule has 1 aromatic carbocycles. The first-order valence-electron chi connectivity index (χ1n) is 6.68. The summed E-state index contributed by atoms with van der Waals surface area (Å²) < 4.78 is 15.6. The summed E-state index contributed by atoms with van der Waals surface area (Å²) in [4.78, 5) is 11.4. The lowest BCUT2D eigenvalue weighted by atomic mass is 10.2. The summed E-state index contributed by atoms with van der Waals surface area (Å²) in [6.45, 7) is 5.52. The zero-order chi connectivity index (χ0) is 15.6. The van der Waals surface area contributed by atoms with Crippen LogP contribution in [0.3, 0.4) is 0 Å². The average Bonchev–Trinajstić information content (AvgIpc) is 3.19. The molecule has 5 nitrogen and oxygen atoms in total. The summed E-state index contributed by atoms with van der Waals surface area (Å²) >= 11 is 0.333. The van der Waals surface area contributed by atoms with E-state index in [1.54, 1.807) is 17.8 Å². The zero-order valence-electron chi connectivity index (χ0n) is 12.2. The lowest BCUT2D eigenvalue weighted by Gasteiger charge is -2.17. The Morgan fingerprint density at radius 3 is 2.62 bits per heavy atom. The van der Waals surface area contributed by atoms with Crippen LogP contribution in [-0.4, -0.2) is 25.7 Å². The van der Waals surface area contributed by atoms with Crippen LogP contribution in [0.25, 0.3) is 0 Å². The molecule has 1 fully saturated rings. The van der Waals surface area contributed by atoms with E-state index in [0.29, 0.717) is 10.8 Å². The van der Waals surface area contributed by atoms with Gasteiger partial charge in [0.25, 0.3) is 5.69 Å². The van der Waals surface area contributed by atoms with Gasteiger partial charge in [-0.15, -0.1) is 11.8 Å². The van der Waals surface area contributed by atoms with Crippen molar-refractivity contribution in [2.45, 2.75) is 48.5 Å². The summed E-state index contributed by atoms with van der Waals surface area (Å²) in [6.07, 6.45) is 3.84. The molecule has 1 saturated carbocycles. The number of hydrogen-bond acceptors (Lipinski definition) is 5. The van der Waals surface area contributed by atoms with Gasteiger partial charge in [-0.05, 0) is 39.7 Å². The van der Waals surface area contributed by atoms with E-state index in [2.05, 4.69) is 4.40 Å². The van der Waals surface area contributed by atoms with Crippen LogP contribution < -0.4 is 0 Å². The first-order chi connectivity index (χ1) is 9.77. The van der Waals surface area contributed by atoms with Crippen LogP contribution in [-0.2, 0) is 11.4 Å². The Hall–Kier alpha value is -1.05. The van der Waals surface area contributed by atoms with E-state index in [4.69, 9.17) is 0 Å². The second kappa shape index (κ2) is 6.37. The Balaban J connectivity index is 2.26. The van der Waals surface area contributed by atoms with Crippen LogP contribution in [0.15, 0.2) is 27.5 Å². The molecule has 0 bridgehead atoms. The number of rotatable bonds is 5. The largest absolute Gasteiger partial charge is 0.591 e. The number of nitro benzene ring substituents is 1. The van der Waals surface area contributed by atoms with Crippen molar-refractivity contribution >= 4 is 35.0 Å². The Morgan fingerprint density at radius 1 is 1.43 bits per heavy atom. The molecule has 7 heteroatoms. The number of thioether (sulfide) groups is 1. The highest BCUT2D eigenvalue weighted by Gasteiger charge is 2.27. The van der Waals surface area contributed by atoms with Gasteiger partial charge in [0.1, 0.15) is 16.1 Å². The molecular weight excluding hydrogens is 308 g/mol. The van der Waals surface area contributed by atoms with Gasteiger partial charge in [-0.3, -0.25) is 10.1 Å². The SMILES string of the molecule is CC(C)(C)[S+]([O-])/N=C/c1cc([N+](=O)[O-])ccc1SC1CC1. The Kier molecular flexibility index (Phi) is 4.95. The highest BCUT2D eigenvalue weighted by molar-refractivity contribution is 8.00. The fourth-order valence-electron chi connectivity index (χ4n) is 1.49. The van der Waals surface area contributed by atoms with Gasteiger partial charge in [-0.1, -0.05) is 4.40 Å². The molecule has 1 aliphatic rings. The topological polar surface area (TPSA) is 78.6 Å². The molecule has 2 rings (SSSR count). The highest BCUT2D eigenvalue weighted by Crippen LogP contribution is 2.40. The quantitative estimate of drug-likeness (QED) is 0.357. The van der Waals surface area contributed by atoms with Gasteiger partial charge in [0.05, 0.1) is 11.1 Å². The molecule has 0 heterocycles. The summed E-state index contributed by atoms with van der Waals surface area (Å²) in [5.41, 5.74) is 0.692. The first-order valence-corrected chi connectivity index (χ1v) is 8.67. The van der Waals surface area contributed by atoms with Crippen LogP contribution in [0.5, 0.6) is 0 Å². The van der Waals surface area contributed by atoms with Gasteiger partial charge in [0.2, 0.25) is 0 Å². The molecule has 0 amide bonds. The minimum atomic E-state index is -1.37. The Bertz CT molecular complexity index is 566. The molecule has 1 unspecified atom stereocenters. The van der Waals surface area contributed by atoms with Gasteiger partial charge >= 0.3 is 0 Å². The molecule has 0 spiro atoms. The Labute approximate surface area is 131 Å². The summed E-state index contributed by atoms with van der Waals surface area (Å²) in [5.74, 6) is 0. The maximum Gasteiger partial charge on any atom is 0.270 e. The number of benzene rings is 1. The molecule has 0 N–H and O–H groups in total. The minimum absolute atomic E-state index is 0.0261. The van der Waals surface area contributed by atoms with Crippen LogP contribution in [0.4, 0.5) is 5.69 Å². The zero-order valence-corrected chi connectivity index (χ0v) is 13.9. The third-order valence-corrected chi connectivity index (χ3v) is 5.61. The number of nitro groups is 1. The predicted molar refractivity (Wildman–Crippen MR) is 87.5 cm³/mol. The van der Waals surface area contributed by atoms with Crippen molar-refractivity contribution in [3.05, 3.63) is 33.9 Å². The van der Waals surface area contributed by atoms with E-state index < -0.39 is 21.0 Å². The van der Waals surface area contributed by atoms with E-state index in [-0.39, 0.29) is 5.69 Å². The molecule has 0 aliphatic heterocycles. The van der Waals surface area contributed by atoms with Crippen molar-refractivity contribution in [3.8, 4) is 0 Å². The van der Waals surface area contributed by atoms with Crippen molar-refractivity contribution in [2.24, 2.45) is 4.40 Å². The molecule has 21 heavy (non-hydrogen) atoms. The Morgan fingerprint density at radius 2 is 2.10 bits per heavy atom. The maximum atomic E-state index is 12.0. The first kappa shape index (κ1) is 16.3. The van der Waals surface area contributed by atoms with Gasteiger partial charge < -0.3 is 4.55 Å². The lowest BCUT2D eigenvalue weighted by Crippen LogP contribution is -2.25. The van der Waals surface area contributed by atoms with Gasteiger partial charge in [0, 0.05) is 27.8 Å². The van der Waals surface area contributed by atoms with Crippen molar-refractivity contribution in [3.63, 3.8) is 0 Å². The van der Waals surface area contributed by atoms with Crippen LogP contribution in [0.1, 0.15) is 39.2 Å². The molecule has 0 radical (unpaired) electrons. The van der Waals surface area contributed by atoms with Gasteiger partial charge in [-0.2, -0.15) is 0 Å². The number of hydrogen-bond donors (Lipinski definition) is 0. The van der Waals surface area contributed by atoms with Crippen molar-refractivity contribution in [2.75, 3.05) is 0 Å². The maximum absolute atomic E-state index is 12.0. The molecule has 0 saturated heterocycles. The molecule has 1 atom stereocenters. The number of non-ortho nitro benzene ring substituents is 1. The number of nitrogens with zero attached hydrogens (tertiary/aromatic N) is 2. The molecule has 0 aromatic heterocycles. The molecule has 1 aliphatic carbocycles. The van der Waals surface area contributed by atoms with E-state index in [9.17, 15) is 14.7 Å². The summed E-state index contributed by atoms with van der Waals surface area (Å²) in [5, 5.41) is 11.5. The highest BCUT2D eigenvalue weighted by atomic mass is 32.2. The minimum Gasteiger partial charge on any atom is -0.591 e. The summed E-state index contributed by atoms with van der Waals surface area (Å²) in [6, 6.07) is 4.75. The molecule has 1 aromatic rings. The van der Waals surface area contributed by atoms with E-state index in [1.165, 1.54) is 31.2 Å². The smallest absolute Gasteiger partial charge is 0.270 e. The van der Waals surface area contributed by atoms with Gasteiger partial charge in [0.15, 0.2) is 0 Å². The molecule has 114 valence electrons. The van der Waals surface area contributed by atoms with Crippen LogP contribution in [0.2, 0.25) is 0 Å². The summed E-state index contributed by atoms with van der Waals surface area (Å²) in [7, 11) is 0. The second-order valence-corrected chi connectivity index (χ2v) is 9.17. The molecular formula is C14H18N2O3S2. The fourth-order valence-corrected chi connectivity index (χ4v) is 3.14. The standard InChI is InChI=1S/C14H18N2O3S2/c1-14(2,3)21(19)15-9-10-8-11(16(17)18)4-7-13(10)20-12-5-6-12/h4,7-9,12H,5-6H2,1-3H3/b15-9+. The normalized spacial score (nSPS) is 17.1. The van der Waals surface area contributed by atoms with E-state index >= 15 is 0 Å². The third-order valence-electron chi connectivity index (χ3n) is 2.83.